The molecule has 5 nitrogen and oxygen atoms in total. The molecule has 0 saturated carbocycles. The number of phenolic OH excluding ortho intramolecular Hbond substituents is 2. The summed E-state index contributed by atoms with van der Waals surface area (Å²) in [5.74, 6) is 1.88. The minimum absolute atomic E-state index is 0.172. The maximum absolute atomic E-state index is 9.91. The van der Waals surface area contributed by atoms with Crippen molar-refractivity contribution in [3.63, 3.8) is 0 Å². The highest BCUT2D eigenvalue weighted by Gasteiger charge is 2.26. The van der Waals surface area contributed by atoms with Crippen LogP contribution in [0, 0.1) is 0 Å². The first kappa shape index (κ1) is 20.5. The molecule has 1 atom stereocenters. The normalized spacial score (nSPS) is 18.0. The van der Waals surface area contributed by atoms with Crippen molar-refractivity contribution in [1.82, 2.24) is 4.90 Å². The van der Waals surface area contributed by atoms with Gasteiger partial charge in [0.2, 0.25) is 0 Å². The number of rotatable bonds is 6. The van der Waals surface area contributed by atoms with E-state index in [1.807, 2.05) is 42.5 Å². The van der Waals surface area contributed by atoms with Crippen LogP contribution in [0.3, 0.4) is 0 Å². The molecule has 0 aliphatic carbocycles. The summed E-state index contributed by atoms with van der Waals surface area (Å²) >= 11 is 0. The molecule has 3 aromatic rings. The number of phenols is 2. The molecule has 0 bridgehead atoms. The average molecular weight is 430 g/mol. The molecule has 0 aromatic heterocycles. The van der Waals surface area contributed by atoms with E-state index in [9.17, 15) is 10.2 Å². The summed E-state index contributed by atoms with van der Waals surface area (Å²) in [6, 6.07) is 20.3. The van der Waals surface area contributed by atoms with Gasteiger partial charge in [-0.15, -0.1) is 0 Å². The zero-order valence-corrected chi connectivity index (χ0v) is 17.9. The molecule has 5 rings (SSSR count). The highest BCUT2D eigenvalue weighted by molar-refractivity contribution is 5.88. The minimum atomic E-state index is -0.340. The fourth-order valence-corrected chi connectivity index (χ4v) is 4.35. The molecule has 3 aromatic carbocycles. The molecular weight excluding hydrogens is 402 g/mol. The predicted molar refractivity (Wildman–Crippen MR) is 125 cm³/mol. The van der Waals surface area contributed by atoms with Gasteiger partial charge in [-0.05, 0) is 79.5 Å². The Balaban J connectivity index is 1.38. The summed E-state index contributed by atoms with van der Waals surface area (Å²) in [7, 11) is 0. The number of ether oxygens (including phenoxy) is 2. The molecule has 0 radical (unpaired) electrons. The van der Waals surface area contributed by atoms with Gasteiger partial charge >= 0.3 is 0 Å². The summed E-state index contributed by atoms with van der Waals surface area (Å²) in [6.45, 7) is 3.99. The van der Waals surface area contributed by atoms with Crippen molar-refractivity contribution < 1.29 is 19.7 Å². The van der Waals surface area contributed by atoms with Gasteiger partial charge in [0.05, 0.1) is 0 Å². The van der Waals surface area contributed by atoms with Crippen LogP contribution in [0.15, 0.2) is 66.7 Å². The van der Waals surface area contributed by atoms with E-state index >= 15 is 0 Å². The lowest BCUT2D eigenvalue weighted by molar-refractivity contribution is 0.237. The molecule has 2 aliphatic heterocycles. The van der Waals surface area contributed by atoms with Gasteiger partial charge < -0.3 is 19.7 Å². The molecule has 0 spiro atoms. The van der Waals surface area contributed by atoms with E-state index in [-0.39, 0.29) is 17.6 Å². The van der Waals surface area contributed by atoms with Crippen molar-refractivity contribution in [2.45, 2.75) is 18.9 Å². The molecule has 1 fully saturated rings. The van der Waals surface area contributed by atoms with Gasteiger partial charge in [0.1, 0.15) is 35.7 Å². The number of benzene rings is 3. The molecular formula is C27H27NO4. The van der Waals surface area contributed by atoms with E-state index in [0.717, 1.165) is 34.6 Å². The maximum atomic E-state index is 9.91. The summed E-state index contributed by atoms with van der Waals surface area (Å²) < 4.78 is 12.3. The van der Waals surface area contributed by atoms with Gasteiger partial charge in [0.25, 0.3) is 0 Å². The standard InChI is InChI=1S/C27H27NO4/c29-22-8-3-19(4-9-22)25-17-21-5-10-23(30)18-26(21)32-27(25)20-6-11-24(12-7-20)31-16-15-28-13-1-2-14-28/h3-12,17-18,27,29-30H,1-2,13-16H2. The third kappa shape index (κ3) is 4.43. The number of nitrogens with zero attached hydrogens (tertiary/aromatic N) is 1. The second kappa shape index (κ2) is 8.97. The molecule has 1 unspecified atom stereocenters. The first-order valence-corrected chi connectivity index (χ1v) is 11.1. The summed E-state index contributed by atoms with van der Waals surface area (Å²) in [5, 5.41) is 19.6. The Morgan fingerprint density at radius 3 is 2.34 bits per heavy atom. The van der Waals surface area contributed by atoms with E-state index < -0.39 is 0 Å². The first-order chi connectivity index (χ1) is 15.7. The van der Waals surface area contributed by atoms with Gasteiger partial charge in [-0.1, -0.05) is 24.3 Å². The molecule has 0 amide bonds. The van der Waals surface area contributed by atoms with Crippen LogP contribution in [0.1, 0.15) is 35.6 Å². The molecule has 164 valence electrons. The highest BCUT2D eigenvalue weighted by atomic mass is 16.5. The zero-order valence-electron chi connectivity index (χ0n) is 17.9. The predicted octanol–water partition coefficient (Wildman–Crippen LogP) is 5.25. The summed E-state index contributed by atoms with van der Waals surface area (Å²) in [4.78, 5) is 2.44. The molecule has 1 saturated heterocycles. The number of fused-ring (bicyclic) bond motifs is 1. The Labute approximate surface area is 188 Å². The zero-order chi connectivity index (χ0) is 21.9. The van der Waals surface area contributed by atoms with Crippen LogP contribution in [0.2, 0.25) is 0 Å². The third-order valence-corrected chi connectivity index (χ3v) is 6.09. The Kier molecular flexibility index (Phi) is 5.73. The van der Waals surface area contributed by atoms with Crippen molar-refractivity contribution in [1.29, 1.82) is 0 Å². The SMILES string of the molecule is Oc1ccc(C2=Cc3ccc(O)cc3OC2c2ccc(OCCN3CCCC3)cc2)cc1. The van der Waals surface area contributed by atoms with Gasteiger partial charge in [0.15, 0.2) is 0 Å². The van der Waals surface area contributed by atoms with Crippen LogP contribution in [0.25, 0.3) is 11.6 Å². The molecule has 2 N–H and O–H groups in total. The Bertz CT molecular complexity index is 1100. The van der Waals surface area contributed by atoms with Crippen LogP contribution in [0.4, 0.5) is 0 Å². The van der Waals surface area contributed by atoms with E-state index in [1.54, 1.807) is 24.3 Å². The van der Waals surface area contributed by atoms with E-state index in [1.165, 1.54) is 25.9 Å². The van der Waals surface area contributed by atoms with Gasteiger partial charge in [0, 0.05) is 23.7 Å². The molecule has 2 aliphatic rings. The fourth-order valence-electron chi connectivity index (χ4n) is 4.35. The molecule has 2 heterocycles. The number of aromatic hydroxyl groups is 2. The van der Waals surface area contributed by atoms with Crippen LogP contribution in [-0.2, 0) is 0 Å². The smallest absolute Gasteiger partial charge is 0.149 e. The van der Waals surface area contributed by atoms with Crippen LogP contribution in [0.5, 0.6) is 23.0 Å². The van der Waals surface area contributed by atoms with Crippen LogP contribution >= 0.6 is 0 Å². The summed E-state index contributed by atoms with van der Waals surface area (Å²) in [6.07, 6.45) is 4.31. The van der Waals surface area contributed by atoms with Crippen molar-refractivity contribution in [3.05, 3.63) is 83.4 Å². The van der Waals surface area contributed by atoms with Crippen LogP contribution in [-0.4, -0.2) is 41.4 Å². The van der Waals surface area contributed by atoms with E-state index in [2.05, 4.69) is 11.0 Å². The Morgan fingerprint density at radius 1 is 0.875 bits per heavy atom. The van der Waals surface area contributed by atoms with Crippen molar-refractivity contribution in [2.75, 3.05) is 26.2 Å². The number of hydrogen-bond acceptors (Lipinski definition) is 5. The minimum Gasteiger partial charge on any atom is -0.508 e. The highest BCUT2D eigenvalue weighted by Crippen LogP contribution is 2.43. The largest absolute Gasteiger partial charge is 0.508 e. The lowest BCUT2D eigenvalue weighted by Crippen LogP contribution is -2.25. The van der Waals surface area contributed by atoms with Crippen molar-refractivity contribution in [2.24, 2.45) is 0 Å². The second-order valence-electron chi connectivity index (χ2n) is 8.33. The first-order valence-electron chi connectivity index (χ1n) is 11.1. The fraction of sp³-hybridized carbons (Fsp3) is 0.259. The average Bonchev–Trinajstić information content (AvgIpc) is 3.33. The van der Waals surface area contributed by atoms with Gasteiger partial charge in [-0.25, -0.2) is 0 Å². The lowest BCUT2D eigenvalue weighted by Gasteiger charge is -2.28. The van der Waals surface area contributed by atoms with E-state index in [0.29, 0.717) is 12.4 Å². The summed E-state index contributed by atoms with van der Waals surface area (Å²) in [5.41, 5.74) is 3.86. The lowest BCUT2D eigenvalue weighted by atomic mass is 9.91. The quantitative estimate of drug-likeness (QED) is 0.561. The molecule has 5 heteroatoms. The Morgan fingerprint density at radius 2 is 1.59 bits per heavy atom. The number of hydrogen-bond donors (Lipinski definition) is 2. The Hall–Kier alpha value is -3.44. The maximum Gasteiger partial charge on any atom is 0.149 e. The van der Waals surface area contributed by atoms with Gasteiger partial charge in [-0.3, -0.25) is 4.90 Å². The number of likely N-dealkylation sites (tertiary alicyclic amines) is 1. The third-order valence-electron chi connectivity index (χ3n) is 6.09. The monoisotopic (exact) mass is 429 g/mol. The van der Waals surface area contributed by atoms with E-state index in [4.69, 9.17) is 9.47 Å². The second-order valence-corrected chi connectivity index (χ2v) is 8.33. The molecule has 32 heavy (non-hydrogen) atoms. The van der Waals surface area contributed by atoms with Crippen molar-refractivity contribution in [3.8, 4) is 23.0 Å². The van der Waals surface area contributed by atoms with Crippen LogP contribution < -0.4 is 9.47 Å². The van der Waals surface area contributed by atoms with Crippen molar-refractivity contribution >= 4 is 11.6 Å². The topological polar surface area (TPSA) is 62.2 Å². The van der Waals surface area contributed by atoms with Gasteiger partial charge in [-0.2, -0.15) is 0 Å².